The van der Waals surface area contributed by atoms with E-state index in [0.29, 0.717) is 27.3 Å². The molecule has 3 heterocycles. The van der Waals surface area contributed by atoms with Gasteiger partial charge < -0.3 is 5.32 Å². The summed E-state index contributed by atoms with van der Waals surface area (Å²) >= 11 is 4.61. The van der Waals surface area contributed by atoms with Crippen molar-refractivity contribution >= 4 is 39.0 Å². The first-order valence-corrected chi connectivity index (χ1v) is 11.1. The third-order valence-electron chi connectivity index (χ3n) is 4.57. The van der Waals surface area contributed by atoms with E-state index in [1.165, 1.54) is 27.8 Å². The molecular weight excluding hydrogens is 507 g/mol. The van der Waals surface area contributed by atoms with Crippen LogP contribution in [0, 0.1) is 6.92 Å². The van der Waals surface area contributed by atoms with Gasteiger partial charge in [-0.25, -0.2) is 0 Å². The molecule has 166 valence electrons. The van der Waals surface area contributed by atoms with E-state index in [1.54, 1.807) is 22.3 Å². The van der Waals surface area contributed by atoms with Crippen LogP contribution in [0.1, 0.15) is 32.1 Å². The molecule has 1 aromatic carbocycles. The number of halogens is 4. The molecule has 4 aromatic rings. The highest BCUT2D eigenvalue weighted by atomic mass is 79.9. The Morgan fingerprint density at radius 3 is 2.50 bits per heavy atom. The molecule has 0 aliphatic heterocycles. The predicted octanol–water partition coefficient (Wildman–Crippen LogP) is 5.58. The van der Waals surface area contributed by atoms with Gasteiger partial charge in [-0.1, -0.05) is 29.8 Å². The maximum atomic E-state index is 12.7. The van der Waals surface area contributed by atoms with Crippen LogP contribution in [0.2, 0.25) is 0 Å². The van der Waals surface area contributed by atoms with Crippen molar-refractivity contribution < 1.29 is 18.0 Å². The van der Waals surface area contributed by atoms with E-state index in [2.05, 4.69) is 31.4 Å². The summed E-state index contributed by atoms with van der Waals surface area (Å²) in [4.78, 5) is 13.1. The van der Waals surface area contributed by atoms with Gasteiger partial charge in [-0.05, 0) is 51.5 Å². The number of aryl methyl sites for hydroxylation is 1. The Kier molecular flexibility index (Phi) is 6.20. The Morgan fingerprint density at radius 2 is 1.81 bits per heavy atom. The molecule has 0 saturated carbocycles. The highest BCUT2D eigenvalue weighted by Gasteiger charge is 2.33. The lowest BCUT2D eigenvalue weighted by Gasteiger charge is -2.03. The van der Waals surface area contributed by atoms with Crippen LogP contribution in [0.4, 0.5) is 19.0 Å². The number of aromatic nitrogens is 4. The number of nitrogens with one attached hydrogen (secondary N) is 1. The molecule has 0 atom stereocenters. The predicted molar refractivity (Wildman–Crippen MR) is 119 cm³/mol. The van der Waals surface area contributed by atoms with Crippen LogP contribution >= 0.6 is 27.3 Å². The van der Waals surface area contributed by atoms with Gasteiger partial charge in [0.25, 0.3) is 5.91 Å². The Bertz CT molecular complexity index is 1240. The summed E-state index contributed by atoms with van der Waals surface area (Å²) in [6.07, 6.45) is -1.44. The zero-order valence-electron chi connectivity index (χ0n) is 16.7. The molecule has 0 spiro atoms. The van der Waals surface area contributed by atoms with Gasteiger partial charge in [0, 0.05) is 12.4 Å². The molecule has 1 N–H and O–H groups in total. The van der Waals surface area contributed by atoms with Gasteiger partial charge in [0.2, 0.25) is 0 Å². The highest BCUT2D eigenvalue weighted by molar-refractivity contribution is 9.10. The van der Waals surface area contributed by atoms with Gasteiger partial charge in [0.1, 0.15) is 0 Å². The average molecular weight is 524 g/mol. The fraction of sp³-hybridized carbons (Fsp3) is 0.190. The minimum Gasteiger partial charge on any atom is -0.303 e. The smallest absolute Gasteiger partial charge is 0.303 e. The number of alkyl halides is 3. The minimum absolute atomic E-state index is 0.134. The average Bonchev–Trinajstić information content (AvgIpc) is 3.45. The molecule has 4 rings (SSSR count). The number of hydrogen-bond donors (Lipinski definition) is 1. The molecule has 0 bridgehead atoms. The van der Waals surface area contributed by atoms with Crippen molar-refractivity contribution in [1.82, 2.24) is 19.6 Å². The molecule has 1 amide bonds. The molecule has 0 radical (unpaired) electrons. The second-order valence-corrected chi connectivity index (χ2v) is 8.94. The summed E-state index contributed by atoms with van der Waals surface area (Å²) in [5.41, 5.74) is 1.99. The topological polar surface area (TPSA) is 64.7 Å². The normalized spacial score (nSPS) is 11.7. The number of carbonyl (C=O) groups is 1. The first-order chi connectivity index (χ1) is 15.2. The molecule has 6 nitrogen and oxygen atoms in total. The first-order valence-electron chi connectivity index (χ1n) is 9.45. The molecule has 0 fully saturated rings. The first kappa shape index (κ1) is 22.3. The van der Waals surface area contributed by atoms with Crippen LogP contribution in [0.3, 0.4) is 0 Å². The molecule has 0 saturated heterocycles. The maximum absolute atomic E-state index is 12.7. The number of nitrogens with zero attached hydrogens (tertiary/aromatic N) is 4. The van der Waals surface area contributed by atoms with Crippen molar-refractivity contribution in [3.05, 3.63) is 85.9 Å². The number of hydrogen-bond acceptors (Lipinski definition) is 4. The van der Waals surface area contributed by atoms with Crippen molar-refractivity contribution in [2.45, 2.75) is 26.2 Å². The summed E-state index contributed by atoms with van der Waals surface area (Å²) in [6, 6.07) is 10.6. The molecule has 32 heavy (non-hydrogen) atoms. The van der Waals surface area contributed by atoms with Gasteiger partial charge in [-0.2, -0.15) is 23.4 Å². The standard InChI is InChI=1S/C21H17BrF3N5OS/c1-13-2-4-14(5-3-13)9-30-11-16(22)19(28-30)26-20(31)17-8-15(12-32-17)10-29-7-6-18(27-29)21(23,24)25/h2-8,11-12H,9-10H2,1H3,(H,26,28,31). The lowest BCUT2D eigenvalue weighted by molar-refractivity contribution is -0.141. The molecule has 0 aliphatic carbocycles. The lowest BCUT2D eigenvalue weighted by Crippen LogP contribution is -2.12. The number of rotatable bonds is 6. The Morgan fingerprint density at radius 1 is 1.09 bits per heavy atom. The van der Waals surface area contributed by atoms with Gasteiger partial charge >= 0.3 is 6.18 Å². The van der Waals surface area contributed by atoms with E-state index in [0.717, 1.165) is 11.6 Å². The third kappa shape index (κ3) is 5.28. The van der Waals surface area contributed by atoms with Crippen LogP contribution in [0.15, 0.2) is 58.6 Å². The maximum Gasteiger partial charge on any atom is 0.435 e. The van der Waals surface area contributed by atoms with E-state index < -0.39 is 11.9 Å². The van der Waals surface area contributed by atoms with Gasteiger partial charge in [0.15, 0.2) is 11.5 Å². The van der Waals surface area contributed by atoms with Crippen molar-refractivity contribution in [1.29, 1.82) is 0 Å². The summed E-state index contributed by atoms with van der Waals surface area (Å²) in [5, 5.41) is 12.4. The summed E-state index contributed by atoms with van der Waals surface area (Å²) in [7, 11) is 0. The lowest BCUT2D eigenvalue weighted by atomic mass is 10.1. The molecule has 3 aromatic heterocycles. The second-order valence-electron chi connectivity index (χ2n) is 7.18. The van der Waals surface area contributed by atoms with Crippen LogP contribution in [0.5, 0.6) is 0 Å². The minimum atomic E-state index is -4.48. The fourth-order valence-electron chi connectivity index (χ4n) is 2.98. The molecule has 0 unspecified atom stereocenters. The summed E-state index contributed by atoms with van der Waals surface area (Å²) in [5.74, 6) is 0.0398. The van der Waals surface area contributed by atoms with E-state index in [-0.39, 0.29) is 12.5 Å². The van der Waals surface area contributed by atoms with E-state index in [4.69, 9.17) is 0 Å². The Balaban J connectivity index is 1.40. The zero-order chi connectivity index (χ0) is 22.9. The van der Waals surface area contributed by atoms with E-state index in [1.807, 2.05) is 31.2 Å². The summed E-state index contributed by atoms with van der Waals surface area (Å²) in [6.45, 7) is 2.71. The second kappa shape index (κ2) is 8.91. The Hall–Kier alpha value is -2.92. The van der Waals surface area contributed by atoms with Crippen molar-refractivity contribution in [2.24, 2.45) is 0 Å². The van der Waals surface area contributed by atoms with Crippen LogP contribution in [-0.2, 0) is 19.3 Å². The molecular formula is C21H17BrF3N5OS. The summed E-state index contributed by atoms with van der Waals surface area (Å²) < 4.78 is 41.6. The quantitative estimate of drug-likeness (QED) is 0.358. The highest BCUT2D eigenvalue weighted by Crippen LogP contribution is 2.28. The van der Waals surface area contributed by atoms with Crippen LogP contribution in [-0.4, -0.2) is 25.5 Å². The van der Waals surface area contributed by atoms with Crippen molar-refractivity contribution in [3.8, 4) is 0 Å². The monoisotopic (exact) mass is 523 g/mol. The third-order valence-corrected chi connectivity index (χ3v) is 6.13. The molecule has 0 aliphatic rings. The van der Waals surface area contributed by atoms with Gasteiger partial charge in [0.05, 0.1) is 22.4 Å². The van der Waals surface area contributed by atoms with Gasteiger partial charge in [-0.3, -0.25) is 14.2 Å². The SMILES string of the molecule is Cc1ccc(Cn2cc(Br)c(NC(=O)c3cc(Cn4ccc(C(F)(F)F)n4)cs3)n2)cc1. The largest absolute Gasteiger partial charge is 0.435 e. The van der Waals surface area contributed by atoms with Crippen LogP contribution < -0.4 is 5.32 Å². The zero-order valence-corrected chi connectivity index (χ0v) is 19.1. The number of thiophene rings is 1. The molecule has 11 heteroatoms. The number of benzene rings is 1. The van der Waals surface area contributed by atoms with Crippen molar-refractivity contribution in [3.63, 3.8) is 0 Å². The number of anilines is 1. The van der Waals surface area contributed by atoms with Crippen LogP contribution in [0.25, 0.3) is 0 Å². The number of amides is 1. The van der Waals surface area contributed by atoms with Crippen molar-refractivity contribution in [2.75, 3.05) is 5.32 Å². The Labute approximate surface area is 193 Å². The van der Waals surface area contributed by atoms with E-state index >= 15 is 0 Å². The van der Waals surface area contributed by atoms with E-state index in [9.17, 15) is 18.0 Å². The number of carbonyl (C=O) groups excluding carboxylic acids is 1. The van der Waals surface area contributed by atoms with Gasteiger partial charge in [-0.15, -0.1) is 11.3 Å². The fourth-order valence-corrected chi connectivity index (χ4v) is 4.19.